The Hall–Kier alpha value is -1.26. The molecule has 0 spiro atoms. The molecule has 0 aliphatic carbocycles. The third-order valence-electron chi connectivity index (χ3n) is 2.99. The summed E-state index contributed by atoms with van der Waals surface area (Å²) in [5, 5.41) is 10.3. The second kappa shape index (κ2) is 5.38. The fraction of sp³-hybridized carbons (Fsp3) is 0.538. The summed E-state index contributed by atoms with van der Waals surface area (Å²) in [4.78, 5) is 0. The third kappa shape index (κ3) is 3.11. The molecule has 17 heavy (non-hydrogen) atoms. The monoisotopic (exact) mass is 238 g/mol. The lowest BCUT2D eigenvalue weighted by Gasteiger charge is -2.31. The maximum Gasteiger partial charge on any atom is 0.161 e. The van der Waals surface area contributed by atoms with Crippen molar-refractivity contribution in [2.75, 3.05) is 26.9 Å². The van der Waals surface area contributed by atoms with Crippen molar-refractivity contribution in [1.82, 2.24) is 0 Å². The molecule has 0 unspecified atom stereocenters. The second-order valence-electron chi connectivity index (χ2n) is 4.28. The summed E-state index contributed by atoms with van der Waals surface area (Å²) in [6.45, 7) is 1.45. The first-order valence-corrected chi connectivity index (χ1v) is 5.79. The van der Waals surface area contributed by atoms with Gasteiger partial charge in [-0.3, -0.25) is 0 Å². The molecule has 94 valence electrons. The van der Waals surface area contributed by atoms with E-state index in [-0.39, 0.29) is 6.61 Å². The fourth-order valence-electron chi connectivity index (χ4n) is 1.85. The van der Waals surface area contributed by atoms with Gasteiger partial charge in [0.15, 0.2) is 11.5 Å². The number of aliphatic hydroxyl groups is 1. The highest BCUT2D eigenvalue weighted by molar-refractivity contribution is 5.39. The summed E-state index contributed by atoms with van der Waals surface area (Å²) < 4.78 is 16.0. The molecule has 1 N–H and O–H groups in total. The van der Waals surface area contributed by atoms with Crippen molar-refractivity contribution in [2.45, 2.75) is 18.4 Å². The summed E-state index contributed by atoms with van der Waals surface area (Å²) in [7, 11) is 1.60. The second-order valence-corrected chi connectivity index (χ2v) is 4.28. The van der Waals surface area contributed by atoms with E-state index in [0.717, 1.165) is 0 Å². The van der Waals surface area contributed by atoms with E-state index in [9.17, 15) is 5.11 Å². The highest BCUT2D eigenvalue weighted by Crippen LogP contribution is 2.28. The summed E-state index contributed by atoms with van der Waals surface area (Å²) >= 11 is 0. The fourth-order valence-corrected chi connectivity index (χ4v) is 1.85. The summed E-state index contributed by atoms with van der Waals surface area (Å²) in [6, 6.07) is 7.44. The van der Waals surface area contributed by atoms with Crippen molar-refractivity contribution in [3.63, 3.8) is 0 Å². The quantitative estimate of drug-likeness (QED) is 0.865. The molecular weight excluding hydrogens is 220 g/mol. The highest BCUT2D eigenvalue weighted by Gasteiger charge is 2.30. The van der Waals surface area contributed by atoms with Crippen LogP contribution in [0.25, 0.3) is 0 Å². The lowest BCUT2D eigenvalue weighted by atomic mass is 9.96. The molecule has 1 aliphatic heterocycles. The van der Waals surface area contributed by atoms with Crippen LogP contribution in [-0.2, 0) is 4.74 Å². The largest absolute Gasteiger partial charge is 0.493 e. The Morgan fingerprint density at radius 2 is 1.88 bits per heavy atom. The average Bonchev–Trinajstić information content (AvgIpc) is 2.38. The summed E-state index contributed by atoms with van der Waals surface area (Å²) in [5.41, 5.74) is -0.779. The van der Waals surface area contributed by atoms with Crippen LogP contribution in [0.2, 0.25) is 0 Å². The lowest BCUT2D eigenvalue weighted by molar-refractivity contribution is -0.0858. The van der Waals surface area contributed by atoms with Crippen LogP contribution in [-0.4, -0.2) is 37.6 Å². The predicted molar refractivity (Wildman–Crippen MR) is 63.5 cm³/mol. The van der Waals surface area contributed by atoms with Crippen molar-refractivity contribution >= 4 is 0 Å². The smallest absolute Gasteiger partial charge is 0.161 e. The van der Waals surface area contributed by atoms with Gasteiger partial charge in [-0.25, -0.2) is 0 Å². The van der Waals surface area contributed by atoms with E-state index < -0.39 is 5.60 Å². The van der Waals surface area contributed by atoms with Crippen LogP contribution < -0.4 is 9.47 Å². The van der Waals surface area contributed by atoms with Crippen LogP contribution >= 0.6 is 0 Å². The van der Waals surface area contributed by atoms with Crippen LogP contribution in [0, 0.1) is 0 Å². The van der Waals surface area contributed by atoms with E-state index in [0.29, 0.717) is 37.6 Å². The minimum absolute atomic E-state index is 0.275. The summed E-state index contributed by atoms with van der Waals surface area (Å²) in [6.07, 6.45) is 1.23. The van der Waals surface area contributed by atoms with Crippen LogP contribution in [0.4, 0.5) is 0 Å². The van der Waals surface area contributed by atoms with Gasteiger partial charge in [-0.1, -0.05) is 12.1 Å². The standard InChI is InChI=1S/C13H18O4/c1-15-11-4-2-3-5-12(11)17-10-13(14)6-8-16-9-7-13/h2-5,14H,6-10H2,1H3. The molecule has 0 radical (unpaired) electrons. The molecule has 4 heteroatoms. The first-order chi connectivity index (χ1) is 8.23. The van der Waals surface area contributed by atoms with Crippen molar-refractivity contribution in [3.8, 4) is 11.5 Å². The zero-order valence-electron chi connectivity index (χ0n) is 10.0. The van der Waals surface area contributed by atoms with Crippen LogP contribution in [0.3, 0.4) is 0 Å². The van der Waals surface area contributed by atoms with Gasteiger partial charge in [0.2, 0.25) is 0 Å². The topological polar surface area (TPSA) is 47.9 Å². The maximum atomic E-state index is 10.3. The molecule has 1 fully saturated rings. The molecular formula is C13H18O4. The molecule has 4 nitrogen and oxygen atoms in total. The van der Waals surface area contributed by atoms with Crippen molar-refractivity contribution in [1.29, 1.82) is 0 Å². The molecule has 0 atom stereocenters. The minimum Gasteiger partial charge on any atom is -0.493 e. The molecule has 0 bridgehead atoms. The van der Waals surface area contributed by atoms with Gasteiger partial charge in [0.1, 0.15) is 12.2 Å². The van der Waals surface area contributed by atoms with Gasteiger partial charge in [0, 0.05) is 26.1 Å². The van der Waals surface area contributed by atoms with Crippen molar-refractivity contribution in [2.24, 2.45) is 0 Å². The van der Waals surface area contributed by atoms with E-state index in [2.05, 4.69) is 0 Å². The number of methoxy groups -OCH3 is 1. The number of benzene rings is 1. The molecule has 1 aliphatic rings. The normalized spacial score (nSPS) is 18.7. The van der Waals surface area contributed by atoms with Gasteiger partial charge in [-0.05, 0) is 12.1 Å². The number of ether oxygens (including phenoxy) is 3. The Morgan fingerprint density at radius 3 is 2.53 bits per heavy atom. The molecule has 1 aromatic carbocycles. The number of rotatable bonds is 4. The zero-order chi connectivity index (χ0) is 12.1. The van der Waals surface area contributed by atoms with Gasteiger partial charge in [0.25, 0.3) is 0 Å². The highest BCUT2D eigenvalue weighted by atomic mass is 16.5. The van der Waals surface area contributed by atoms with E-state index in [1.807, 2.05) is 24.3 Å². The molecule has 1 saturated heterocycles. The molecule has 1 heterocycles. The molecule has 0 aromatic heterocycles. The zero-order valence-corrected chi connectivity index (χ0v) is 10.0. The van der Waals surface area contributed by atoms with E-state index in [1.165, 1.54) is 0 Å². The van der Waals surface area contributed by atoms with Gasteiger partial charge in [0.05, 0.1) is 7.11 Å². The van der Waals surface area contributed by atoms with Crippen LogP contribution in [0.15, 0.2) is 24.3 Å². The average molecular weight is 238 g/mol. The predicted octanol–water partition coefficient (Wildman–Crippen LogP) is 1.62. The molecule has 2 rings (SSSR count). The Balaban J connectivity index is 1.96. The van der Waals surface area contributed by atoms with Crippen LogP contribution in [0.5, 0.6) is 11.5 Å². The molecule has 0 amide bonds. The van der Waals surface area contributed by atoms with Gasteiger partial charge < -0.3 is 19.3 Å². The Bertz CT molecular complexity index is 358. The van der Waals surface area contributed by atoms with Crippen LogP contribution in [0.1, 0.15) is 12.8 Å². The van der Waals surface area contributed by atoms with Crippen molar-refractivity contribution in [3.05, 3.63) is 24.3 Å². The van der Waals surface area contributed by atoms with E-state index in [4.69, 9.17) is 14.2 Å². The third-order valence-corrected chi connectivity index (χ3v) is 2.99. The van der Waals surface area contributed by atoms with Gasteiger partial charge in [-0.2, -0.15) is 0 Å². The number of hydrogen-bond acceptors (Lipinski definition) is 4. The van der Waals surface area contributed by atoms with Gasteiger partial charge in [-0.15, -0.1) is 0 Å². The Kier molecular flexibility index (Phi) is 3.86. The minimum atomic E-state index is -0.779. The lowest BCUT2D eigenvalue weighted by Crippen LogP contribution is -2.41. The Morgan fingerprint density at radius 1 is 1.24 bits per heavy atom. The summed E-state index contributed by atoms with van der Waals surface area (Å²) in [5.74, 6) is 1.35. The Labute approximate surface area is 101 Å². The van der Waals surface area contributed by atoms with Gasteiger partial charge >= 0.3 is 0 Å². The van der Waals surface area contributed by atoms with E-state index in [1.54, 1.807) is 7.11 Å². The first-order valence-electron chi connectivity index (χ1n) is 5.79. The SMILES string of the molecule is COc1ccccc1OCC1(O)CCOCC1. The first kappa shape index (κ1) is 12.2. The maximum absolute atomic E-state index is 10.3. The van der Waals surface area contributed by atoms with Crippen molar-refractivity contribution < 1.29 is 19.3 Å². The molecule has 0 saturated carbocycles. The number of hydrogen-bond donors (Lipinski definition) is 1. The van der Waals surface area contributed by atoms with E-state index >= 15 is 0 Å². The number of para-hydroxylation sites is 2. The molecule has 1 aromatic rings.